The van der Waals surface area contributed by atoms with E-state index >= 15 is 0 Å². The van der Waals surface area contributed by atoms with Crippen LogP contribution in [0.1, 0.15) is 39.3 Å². The van der Waals surface area contributed by atoms with Crippen LogP contribution in [-0.4, -0.2) is 31.6 Å². The van der Waals surface area contributed by atoms with Crippen molar-refractivity contribution in [2.75, 3.05) is 20.7 Å². The lowest BCUT2D eigenvalue weighted by Gasteiger charge is -2.40. The molecule has 2 N–H and O–H groups in total. The molecule has 0 amide bonds. The Bertz CT molecular complexity index is 443. The molecule has 114 valence electrons. The van der Waals surface area contributed by atoms with Crippen molar-refractivity contribution in [3.63, 3.8) is 0 Å². The van der Waals surface area contributed by atoms with E-state index in [9.17, 15) is 0 Å². The molecule has 0 aliphatic carbocycles. The smallest absolute Gasteiger partial charge is 0.137 e. The van der Waals surface area contributed by atoms with Crippen LogP contribution in [0.2, 0.25) is 5.02 Å². The highest BCUT2D eigenvalue weighted by Gasteiger charge is 2.29. The zero-order valence-corrected chi connectivity index (χ0v) is 14.2. The Kier molecular flexibility index (Phi) is 5.87. The number of nitrogens with zero attached hydrogens (tertiary/aromatic N) is 1. The molecule has 0 heterocycles. The fraction of sp³-hybridized carbons (Fsp3) is 0.625. The quantitative estimate of drug-likeness (QED) is 0.900. The van der Waals surface area contributed by atoms with Crippen molar-refractivity contribution >= 4 is 11.6 Å². The van der Waals surface area contributed by atoms with Gasteiger partial charge in [0.15, 0.2) is 0 Å². The number of rotatable bonds is 5. The summed E-state index contributed by atoms with van der Waals surface area (Å²) in [5.74, 6) is 0.692. The van der Waals surface area contributed by atoms with Crippen molar-refractivity contribution < 1.29 is 4.74 Å². The van der Waals surface area contributed by atoms with Gasteiger partial charge < -0.3 is 10.5 Å². The maximum atomic E-state index is 6.22. The van der Waals surface area contributed by atoms with Crippen LogP contribution in [0, 0.1) is 5.41 Å². The third-order valence-corrected chi connectivity index (χ3v) is 4.44. The third-order valence-electron chi connectivity index (χ3n) is 4.14. The summed E-state index contributed by atoms with van der Waals surface area (Å²) in [6.45, 7) is 9.50. The summed E-state index contributed by atoms with van der Waals surface area (Å²) in [6, 6.07) is 6.43. The van der Waals surface area contributed by atoms with E-state index in [0.29, 0.717) is 23.4 Å². The Balaban J connectivity index is 3.04. The van der Waals surface area contributed by atoms with Gasteiger partial charge in [0.05, 0.1) is 12.1 Å². The first kappa shape index (κ1) is 17.3. The van der Waals surface area contributed by atoms with Gasteiger partial charge in [-0.3, -0.25) is 4.90 Å². The van der Waals surface area contributed by atoms with Gasteiger partial charge in [0.2, 0.25) is 0 Å². The molecule has 0 saturated carbocycles. The lowest BCUT2D eigenvalue weighted by atomic mass is 9.86. The highest BCUT2D eigenvalue weighted by Crippen LogP contribution is 2.33. The van der Waals surface area contributed by atoms with E-state index in [2.05, 4.69) is 39.6 Å². The molecule has 0 saturated heterocycles. The summed E-state index contributed by atoms with van der Waals surface area (Å²) in [5, 5.41) is 0.625. The van der Waals surface area contributed by atoms with Crippen molar-refractivity contribution in [3.05, 3.63) is 28.8 Å². The number of methoxy groups -OCH3 is 1. The van der Waals surface area contributed by atoms with E-state index in [1.54, 1.807) is 7.11 Å². The van der Waals surface area contributed by atoms with Gasteiger partial charge in [0.25, 0.3) is 0 Å². The Labute approximate surface area is 128 Å². The zero-order chi connectivity index (χ0) is 15.5. The molecule has 0 aromatic heterocycles. The number of halogens is 1. The minimum Gasteiger partial charge on any atom is -0.495 e. The van der Waals surface area contributed by atoms with E-state index in [1.807, 2.05) is 18.2 Å². The first-order chi connectivity index (χ1) is 9.22. The lowest BCUT2D eigenvalue weighted by Crippen LogP contribution is -2.43. The number of hydrogen-bond acceptors (Lipinski definition) is 3. The van der Waals surface area contributed by atoms with Crippen LogP contribution in [0.5, 0.6) is 5.75 Å². The minimum atomic E-state index is 0.146. The highest BCUT2D eigenvalue weighted by molar-refractivity contribution is 6.32. The van der Waals surface area contributed by atoms with Gasteiger partial charge in [-0.2, -0.15) is 0 Å². The van der Waals surface area contributed by atoms with Crippen LogP contribution in [-0.2, 0) is 0 Å². The molecule has 0 aliphatic rings. The first-order valence-electron chi connectivity index (χ1n) is 6.97. The van der Waals surface area contributed by atoms with Gasteiger partial charge in [-0.25, -0.2) is 0 Å². The molecule has 20 heavy (non-hydrogen) atoms. The molecule has 2 unspecified atom stereocenters. The molecule has 0 spiro atoms. The minimum absolute atomic E-state index is 0.146. The van der Waals surface area contributed by atoms with E-state index in [4.69, 9.17) is 22.1 Å². The highest BCUT2D eigenvalue weighted by atomic mass is 35.5. The van der Waals surface area contributed by atoms with E-state index < -0.39 is 0 Å². The molecule has 4 heteroatoms. The number of nitrogens with two attached hydrogens (primary N) is 1. The average molecular weight is 299 g/mol. The molecule has 0 aliphatic heterocycles. The summed E-state index contributed by atoms with van der Waals surface area (Å²) in [7, 11) is 3.74. The standard InChI is InChI=1S/C16H27ClN2O/c1-11(16(2,3)4)19(5)14(10-18)12-7-8-15(20-6)13(17)9-12/h7-9,11,14H,10,18H2,1-6H3. The molecule has 2 atom stereocenters. The van der Waals surface area contributed by atoms with E-state index in [1.165, 1.54) is 0 Å². The van der Waals surface area contributed by atoms with Crippen LogP contribution < -0.4 is 10.5 Å². The van der Waals surface area contributed by atoms with Crippen molar-refractivity contribution in [1.82, 2.24) is 4.90 Å². The molecule has 1 aromatic carbocycles. The van der Waals surface area contributed by atoms with Crippen LogP contribution in [0.3, 0.4) is 0 Å². The SMILES string of the molecule is COc1ccc(C(CN)N(C)C(C)C(C)(C)C)cc1Cl. The zero-order valence-electron chi connectivity index (χ0n) is 13.4. The maximum absolute atomic E-state index is 6.22. The number of ether oxygens (including phenoxy) is 1. The lowest BCUT2D eigenvalue weighted by molar-refractivity contribution is 0.100. The van der Waals surface area contributed by atoms with Gasteiger partial charge >= 0.3 is 0 Å². The molecule has 0 bridgehead atoms. The second-order valence-electron chi connectivity index (χ2n) is 6.35. The van der Waals surface area contributed by atoms with Gasteiger partial charge in [-0.1, -0.05) is 38.4 Å². The van der Waals surface area contributed by atoms with Crippen molar-refractivity contribution in [2.45, 2.75) is 39.8 Å². The van der Waals surface area contributed by atoms with E-state index in [-0.39, 0.29) is 11.5 Å². The largest absolute Gasteiger partial charge is 0.495 e. The second-order valence-corrected chi connectivity index (χ2v) is 6.76. The number of benzene rings is 1. The third kappa shape index (κ3) is 3.87. The molecule has 1 rings (SSSR count). The molecule has 1 aromatic rings. The fourth-order valence-electron chi connectivity index (χ4n) is 2.31. The fourth-order valence-corrected chi connectivity index (χ4v) is 2.57. The molecule has 0 fully saturated rings. The Morgan fingerprint density at radius 2 is 1.95 bits per heavy atom. The topological polar surface area (TPSA) is 38.5 Å². The summed E-state index contributed by atoms with van der Waals surface area (Å²) >= 11 is 6.22. The summed E-state index contributed by atoms with van der Waals surface area (Å²) in [5.41, 5.74) is 7.31. The van der Waals surface area contributed by atoms with Crippen LogP contribution in [0.15, 0.2) is 18.2 Å². The van der Waals surface area contributed by atoms with Crippen LogP contribution in [0.25, 0.3) is 0 Å². The molecular weight excluding hydrogens is 272 g/mol. The maximum Gasteiger partial charge on any atom is 0.137 e. The Hall–Kier alpha value is -0.770. The molecule has 3 nitrogen and oxygen atoms in total. The van der Waals surface area contributed by atoms with E-state index in [0.717, 1.165) is 5.56 Å². The molecule has 0 radical (unpaired) electrons. The first-order valence-corrected chi connectivity index (χ1v) is 7.35. The average Bonchev–Trinajstić information content (AvgIpc) is 2.37. The number of likely N-dealkylation sites (N-methyl/N-ethyl adjacent to an activating group) is 1. The Morgan fingerprint density at radius 1 is 1.35 bits per heavy atom. The second kappa shape index (κ2) is 6.79. The monoisotopic (exact) mass is 298 g/mol. The van der Waals surface area contributed by atoms with Crippen molar-refractivity contribution in [3.8, 4) is 5.75 Å². The summed E-state index contributed by atoms with van der Waals surface area (Å²) in [4.78, 5) is 2.32. The van der Waals surface area contributed by atoms with Gasteiger partial charge in [0, 0.05) is 18.6 Å². The van der Waals surface area contributed by atoms with Gasteiger partial charge in [-0.15, -0.1) is 0 Å². The van der Waals surface area contributed by atoms with Crippen LogP contribution >= 0.6 is 11.6 Å². The summed E-state index contributed by atoms with van der Waals surface area (Å²) < 4.78 is 5.20. The normalized spacial score (nSPS) is 15.2. The van der Waals surface area contributed by atoms with Crippen LogP contribution in [0.4, 0.5) is 0 Å². The van der Waals surface area contributed by atoms with Gasteiger partial charge in [0.1, 0.15) is 5.75 Å². The molecular formula is C16H27ClN2O. The predicted octanol–water partition coefficient (Wildman–Crippen LogP) is 3.71. The number of hydrogen-bond donors (Lipinski definition) is 1. The Morgan fingerprint density at radius 3 is 2.35 bits per heavy atom. The van der Waals surface area contributed by atoms with Crippen molar-refractivity contribution in [2.24, 2.45) is 11.1 Å². The van der Waals surface area contributed by atoms with Gasteiger partial charge in [-0.05, 0) is 37.1 Å². The summed E-state index contributed by atoms with van der Waals surface area (Å²) in [6.07, 6.45) is 0. The predicted molar refractivity (Wildman–Crippen MR) is 86.5 cm³/mol. The van der Waals surface area contributed by atoms with Crippen molar-refractivity contribution in [1.29, 1.82) is 0 Å².